The van der Waals surface area contributed by atoms with Crippen LogP contribution in [-0.4, -0.2) is 27.5 Å². The Bertz CT molecular complexity index is 945. The first-order chi connectivity index (χ1) is 11.2. The number of esters is 1. The molecule has 0 spiro atoms. The lowest BCUT2D eigenvalue weighted by molar-refractivity contribution is 0.0474. The SMILES string of the molecule is Cn1c(N)c(C(=O)COC(=O)c2cccc(I)c2)c(=O)n(C)c1=O. The molecule has 0 saturated heterocycles. The molecule has 24 heavy (non-hydrogen) atoms. The molecule has 8 nitrogen and oxygen atoms in total. The summed E-state index contributed by atoms with van der Waals surface area (Å²) >= 11 is 2.04. The van der Waals surface area contributed by atoms with E-state index in [1.54, 1.807) is 24.3 Å². The summed E-state index contributed by atoms with van der Waals surface area (Å²) in [6.07, 6.45) is 0. The topological polar surface area (TPSA) is 113 Å². The van der Waals surface area contributed by atoms with E-state index in [0.717, 1.165) is 12.7 Å². The van der Waals surface area contributed by atoms with Crippen molar-refractivity contribution < 1.29 is 14.3 Å². The van der Waals surface area contributed by atoms with Gasteiger partial charge in [-0.15, -0.1) is 0 Å². The van der Waals surface area contributed by atoms with Crippen LogP contribution in [0.1, 0.15) is 20.7 Å². The van der Waals surface area contributed by atoms with Crippen molar-refractivity contribution in [2.75, 3.05) is 12.3 Å². The summed E-state index contributed by atoms with van der Waals surface area (Å²) in [5.74, 6) is -1.73. The van der Waals surface area contributed by atoms with Gasteiger partial charge in [0.1, 0.15) is 11.4 Å². The summed E-state index contributed by atoms with van der Waals surface area (Å²) in [5, 5.41) is 0. The summed E-state index contributed by atoms with van der Waals surface area (Å²) in [6, 6.07) is 6.64. The zero-order valence-electron chi connectivity index (χ0n) is 12.9. The Morgan fingerprint density at radius 1 is 1.21 bits per heavy atom. The zero-order valence-corrected chi connectivity index (χ0v) is 15.1. The molecule has 0 aliphatic heterocycles. The average Bonchev–Trinajstić information content (AvgIpc) is 2.56. The number of aromatic nitrogens is 2. The molecule has 9 heteroatoms. The molecule has 0 atom stereocenters. The van der Waals surface area contributed by atoms with Crippen LogP contribution in [0, 0.1) is 3.57 Å². The largest absolute Gasteiger partial charge is 0.454 e. The number of carbonyl (C=O) groups is 2. The van der Waals surface area contributed by atoms with Gasteiger partial charge in [0, 0.05) is 17.7 Å². The minimum Gasteiger partial charge on any atom is -0.454 e. The van der Waals surface area contributed by atoms with E-state index in [0.29, 0.717) is 0 Å². The number of halogens is 1. The number of ketones is 1. The zero-order chi connectivity index (χ0) is 18.0. The van der Waals surface area contributed by atoms with E-state index in [4.69, 9.17) is 10.5 Å². The maximum Gasteiger partial charge on any atom is 0.338 e. The van der Waals surface area contributed by atoms with E-state index < -0.39 is 29.6 Å². The molecule has 2 rings (SSSR count). The van der Waals surface area contributed by atoms with E-state index in [2.05, 4.69) is 0 Å². The number of hydrogen-bond acceptors (Lipinski definition) is 6. The molecule has 0 fully saturated rings. The maximum atomic E-state index is 12.2. The Labute approximate surface area is 150 Å². The predicted octanol–water partition coefficient (Wildman–Crippen LogP) is 0.310. The van der Waals surface area contributed by atoms with Gasteiger partial charge in [0.25, 0.3) is 5.56 Å². The molecular formula is C15H14IN3O5. The lowest BCUT2D eigenvalue weighted by atomic mass is 10.2. The van der Waals surface area contributed by atoms with Crippen LogP contribution in [0.5, 0.6) is 0 Å². The lowest BCUT2D eigenvalue weighted by Gasteiger charge is -2.11. The van der Waals surface area contributed by atoms with Crippen molar-refractivity contribution in [2.24, 2.45) is 14.1 Å². The standard InChI is InChI=1S/C15H14IN3O5/c1-18-12(17)11(13(21)19(2)15(18)23)10(20)7-24-14(22)8-4-3-5-9(16)6-8/h3-6H,7,17H2,1-2H3. The summed E-state index contributed by atoms with van der Waals surface area (Å²) in [4.78, 5) is 47.9. The number of benzene rings is 1. The molecule has 0 radical (unpaired) electrons. The lowest BCUT2D eigenvalue weighted by Crippen LogP contribution is -2.42. The minimum atomic E-state index is -0.828. The van der Waals surface area contributed by atoms with Crippen LogP contribution in [0.25, 0.3) is 0 Å². The molecule has 0 bridgehead atoms. The van der Waals surface area contributed by atoms with Gasteiger partial charge in [0.2, 0.25) is 5.78 Å². The van der Waals surface area contributed by atoms with Crippen LogP contribution in [0.3, 0.4) is 0 Å². The first-order valence-corrected chi connectivity index (χ1v) is 7.83. The molecule has 0 unspecified atom stereocenters. The molecule has 1 aromatic carbocycles. The van der Waals surface area contributed by atoms with E-state index >= 15 is 0 Å². The summed E-state index contributed by atoms with van der Waals surface area (Å²) in [6.45, 7) is -0.651. The van der Waals surface area contributed by atoms with E-state index in [-0.39, 0.29) is 16.9 Å². The normalized spacial score (nSPS) is 10.5. The van der Waals surface area contributed by atoms with Gasteiger partial charge in [-0.05, 0) is 40.8 Å². The number of nitrogens with zero attached hydrogens (tertiary/aromatic N) is 2. The monoisotopic (exact) mass is 443 g/mol. The smallest absolute Gasteiger partial charge is 0.338 e. The molecule has 2 N–H and O–H groups in total. The second-order valence-corrected chi connectivity index (χ2v) is 6.22. The highest BCUT2D eigenvalue weighted by Crippen LogP contribution is 2.10. The Morgan fingerprint density at radius 3 is 2.50 bits per heavy atom. The van der Waals surface area contributed by atoms with Crippen molar-refractivity contribution in [1.82, 2.24) is 9.13 Å². The Hall–Kier alpha value is -2.43. The van der Waals surface area contributed by atoms with Crippen LogP contribution in [0.4, 0.5) is 5.82 Å². The highest BCUT2D eigenvalue weighted by Gasteiger charge is 2.21. The van der Waals surface area contributed by atoms with Crippen molar-refractivity contribution >= 4 is 40.2 Å². The van der Waals surface area contributed by atoms with Crippen molar-refractivity contribution in [3.8, 4) is 0 Å². The van der Waals surface area contributed by atoms with Crippen LogP contribution < -0.4 is 17.0 Å². The van der Waals surface area contributed by atoms with Crippen LogP contribution >= 0.6 is 22.6 Å². The molecule has 0 aliphatic carbocycles. The number of Topliss-reactive ketones (excluding diaryl/α,β-unsaturated/α-hetero) is 1. The molecule has 126 valence electrons. The minimum absolute atomic E-state index is 0.265. The summed E-state index contributed by atoms with van der Waals surface area (Å²) in [5.41, 5.74) is 4.11. The number of carbonyl (C=O) groups excluding carboxylic acids is 2. The third kappa shape index (κ3) is 3.40. The highest BCUT2D eigenvalue weighted by molar-refractivity contribution is 14.1. The van der Waals surface area contributed by atoms with Crippen LogP contribution in [0.15, 0.2) is 33.9 Å². The molecule has 0 saturated carbocycles. The van der Waals surface area contributed by atoms with Crippen LogP contribution in [0.2, 0.25) is 0 Å². The number of hydrogen-bond donors (Lipinski definition) is 1. The van der Waals surface area contributed by atoms with Crippen molar-refractivity contribution in [3.63, 3.8) is 0 Å². The van der Waals surface area contributed by atoms with Gasteiger partial charge >= 0.3 is 11.7 Å². The molecule has 1 aromatic heterocycles. The van der Waals surface area contributed by atoms with Crippen molar-refractivity contribution in [3.05, 3.63) is 59.8 Å². The first kappa shape index (κ1) is 17.9. The van der Waals surface area contributed by atoms with Gasteiger partial charge < -0.3 is 10.5 Å². The van der Waals surface area contributed by atoms with Gasteiger partial charge in [0.05, 0.1) is 5.56 Å². The van der Waals surface area contributed by atoms with E-state index in [1.807, 2.05) is 22.6 Å². The number of nitrogens with two attached hydrogens (primary N) is 1. The van der Waals surface area contributed by atoms with Gasteiger partial charge in [-0.2, -0.15) is 0 Å². The third-order valence-electron chi connectivity index (χ3n) is 3.38. The molecular weight excluding hydrogens is 429 g/mol. The molecule has 0 aliphatic rings. The fourth-order valence-corrected chi connectivity index (χ4v) is 2.57. The first-order valence-electron chi connectivity index (χ1n) is 6.75. The fourth-order valence-electron chi connectivity index (χ4n) is 2.02. The second kappa shape index (κ2) is 6.99. The number of nitrogen functional groups attached to an aromatic ring is 1. The summed E-state index contributed by atoms with van der Waals surface area (Å²) in [7, 11) is 2.57. The van der Waals surface area contributed by atoms with Crippen molar-refractivity contribution in [1.29, 1.82) is 0 Å². The van der Waals surface area contributed by atoms with Gasteiger partial charge in [0.15, 0.2) is 6.61 Å². The maximum absolute atomic E-state index is 12.2. The number of rotatable bonds is 4. The quantitative estimate of drug-likeness (QED) is 0.414. The Kier molecular flexibility index (Phi) is 5.22. The van der Waals surface area contributed by atoms with Gasteiger partial charge in [-0.3, -0.25) is 18.7 Å². The average molecular weight is 443 g/mol. The number of anilines is 1. The number of ether oxygens (including phenoxy) is 1. The second-order valence-electron chi connectivity index (χ2n) is 4.98. The molecule has 0 amide bonds. The molecule has 2 aromatic rings. The third-order valence-corrected chi connectivity index (χ3v) is 4.05. The van der Waals surface area contributed by atoms with Crippen LogP contribution in [-0.2, 0) is 18.8 Å². The van der Waals surface area contributed by atoms with Gasteiger partial charge in [-0.25, -0.2) is 9.59 Å². The fraction of sp³-hybridized carbons (Fsp3) is 0.200. The van der Waals surface area contributed by atoms with Crippen molar-refractivity contribution in [2.45, 2.75) is 0 Å². The predicted molar refractivity (Wildman–Crippen MR) is 95.1 cm³/mol. The summed E-state index contributed by atoms with van der Waals surface area (Å²) < 4.78 is 7.52. The van der Waals surface area contributed by atoms with E-state index in [1.165, 1.54) is 14.1 Å². The van der Waals surface area contributed by atoms with Gasteiger partial charge in [-0.1, -0.05) is 6.07 Å². The highest BCUT2D eigenvalue weighted by atomic mass is 127. The van der Waals surface area contributed by atoms with E-state index in [9.17, 15) is 19.2 Å². The Morgan fingerprint density at radius 2 is 1.88 bits per heavy atom. The Balaban J connectivity index is 2.24. The molecule has 1 heterocycles.